The lowest BCUT2D eigenvalue weighted by Crippen LogP contribution is -2.60. The Balaban J connectivity index is 0.000000386. The molecule has 2 saturated heterocycles. The molecule has 2 N–H and O–H groups in total. The molecule has 1 aromatic rings. The summed E-state index contributed by atoms with van der Waals surface area (Å²) in [5.74, 6) is -0.369. The predicted octanol–water partition coefficient (Wildman–Crippen LogP) is 11.5. The largest absolute Gasteiger partial charge is 0.462 e. The molecule has 2 aliphatic heterocycles. The second-order valence-corrected chi connectivity index (χ2v) is 17.9. The van der Waals surface area contributed by atoms with Gasteiger partial charge in [-0.1, -0.05) is 115 Å². The number of carbonyl (C=O) groups excluding carboxylic acids is 2. The first-order valence-corrected chi connectivity index (χ1v) is 20.4. The third-order valence-corrected chi connectivity index (χ3v) is 10.8. The van der Waals surface area contributed by atoms with E-state index in [0.717, 1.165) is 12.8 Å². The first-order chi connectivity index (χ1) is 23.9. The maximum atomic E-state index is 12.3. The summed E-state index contributed by atoms with van der Waals surface area (Å²) in [4.78, 5) is 24.4. The molecule has 0 bridgehead atoms. The smallest absolute Gasteiger partial charge is 0.338 e. The van der Waals surface area contributed by atoms with Gasteiger partial charge in [0.05, 0.1) is 5.56 Å². The van der Waals surface area contributed by atoms with Gasteiger partial charge >= 0.3 is 11.9 Å². The van der Waals surface area contributed by atoms with Gasteiger partial charge in [-0.15, -0.1) is 0 Å². The number of hydrogen-bond donors (Lipinski definition) is 2. The molecule has 294 valence electrons. The van der Waals surface area contributed by atoms with Crippen molar-refractivity contribution in [2.75, 3.05) is 0 Å². The molecule has 51 heavy (non-hydrogen) atoms. The van der Waals surface area contributed by atoms with Crippen molar-refractivity contribution in [1.29, 1.82) is 0 Å². The van der Waals surface area contributed by atoms with Gasteiger partial charge in [-0.2, -0.15) is 10.1 Å². The maximum Gasteiger partial charge on any atom is 0.338 e. The van der Waals surface area contributed by atoms with E-state index < -0.39 is 11.1 Å². The number of hydrogen-bond acceptors (Lipinski definition) is 8. The van der Waals surface area contributed by atoms with E-state index in [-0.39, 0.29) is 35.2 Å². The van der Waals surface area contributed by atoms with Gasteiger partial charge in [-0.05, 0) is 73.9 Å². The van der Waals surface area contributed by atoms with Crippen molar-refractivity contribution in [2.45, 2.75) is 225 Å². The number of unbranched alkanes of at least 4 members (excludes halogenated alkanes) is 14. The molecular weight excluding hydrogens is 640 g/mol. The molecule has 0 amide bonds. The lowest BCUT2D eigenvalue weighted by molar-refractivity contribution is -0.259. The van der Waals surface area contributed by atoms with Crippen molar-refractivity contribution in [3.63, 3.8) is 0 Å². The minimum Gasteiger partial charge on any atom is -0.462 e. The van der Waals surface area contributed by atoms with E-state index in [0.29, 0.717) is 37.7 Å². The molecule has 2 heterocycles. The Hall–Kier alpha value is -2.00. The average molecular weight is 717 g/mol. The summed E-state index contributed by atoms with van der Waals surface area (Å²) in [6.45, 7) is 18.1. The van der Waals surface area contributed by atoms with Crippen molar-refractivity contribution in [3.05, 3.63) is 35.9 Å². The minimum atomic E-state index is -0.413. The molecule has 1 aromatic carbocycles. The number of ether oxygens (including phenoxy) is 2. The molecule has 2 fully saturated rings. The van der Waals surface area contributed by atoms with Crippen molar-refractivity contribution < 1.29 is 29.5 Å². The van der Waals surface area contributed by atoms with Gasteiger partial charge in [0.1, 0.15) is 12.2 Å². The molecule has 3 rings (SSSR count). The van der Waals surface area contributed by atoms with Crippen LogP contribution in [0.5, 0.6) is 0 Å². The van der Waals surface area contributed by atoms with Crippen LogP contribution in [0.2, 0.25) is 0 Å². The van der Waals surface area contributed by atoms with Gasteiger partial charge < -0.3 is 19.9 Å². The Bertz CT molecular complexity index is 1100. The zero-order valence-electron chi connectivity index (χ0n) is 34.1. The third kappa shape index (κ3) is 16.3. The molecule has 0 radical (unpaired) electrons. The third-order valence-electron chi connectivity index (χ3n) is 10.8. The number of hydroxylamine groups is 4. The average Bonchev–Trinajstić information content (AvgIpc) is 3.04. The molecule has 0 spiro atoms. The van der Waals surface area contributed by atoms with Crippen molar-refractivity contribution in [3.8, 4) is 0 Å². The highest BCUT2D eigenvalue weighted by Crippen LogP contribution is 2.39. The monoisotopic (exact) mass is 717 g/mol. The van der Waals surface area contributed by atoms with E-state index in [1.54, 1.807) is 12.1 Å². The Labute approximate surface area is 311 Å². The highest BCUT2D eigenvalue weighted by molar-refractivity contribution is 5.89. The molecule has 0 atom stereocenters. The second-order valence-electron chi connectivity index (χ2n) is 17.9. The molecule has 0 unspecified atom stereocenters. The van der Waals surface area contributed by atoms with E-state index in [1.807, 2.05) is 73.6 Å². The molecule has 8 nitrogen and oxygen atoms in total. The van der Waals surface area contributed by atoms with Crippen LogP contribution in [-0.2, 0) is 14.3 Å². The van der Waals surface area contributed by atoms with Crippen molar-refractivity contribution in [1.82, 2.24) is 10.1 Å². The van der Waals surface area contributed by atoms with Crippen LogP contribution in [0.1, 0.15) is 201 Å². The first-order valence-electron chi connectivity index (χ1n) is 20.4. The van der Waals surface area contributed by atoms with Crippen LogP contribution in [-0.4, -0.2) is 66.8 Å². The van der Waals surface area contributed by atoms with E-state index in [1.165, 1.54) is 93.6 Å². The standard InChI is InChI=1S/C27H53NO3.C16H23NO3/c1-6-7-8-9-10-11-12-13-14-15-16-17-18-19-20-21-25(29)31-24-22-26(2,3)28(30)27(4,5)23-24;1-15(2)10-13(11-16(3,4)17(15)19)20-14(18)12-8-6-5-7-9-12/h24,30H,6-23H2,1-5H3;5-9,13,19H,10-11H2,1-4H3. The van der Waals surface area contributed by atoms with Crippen LogP contribution in [0.25, 0.3) is 0 Å². The fourth-order valence-corrected chi connectivity index (χ4v) is 8.20. The van der Waals surface area contributed by atoms with Gasteiger partial charge in [-0.25, -0.2) is 4.79 Å². The maximum absolute atomic E-state index is 12.3. The summed E-state index contributed by atoms with van der Waals surface area (Å²) >= 11 is 0. The summed E-state index contributed by atoms with van der Waals surface area (Å²) < 4.78 is 11.4. The SMILES string of the molecule is CC1(C)CC(OC(=O)c2ccccc2)CC(C)(C)N1O.CCCCCCCCCCCCCCCCCC(=O)OC1CC(C)(C)N(O)C(C)(C)C1. The lowest BCUT2D eigenvalue weighted by atomic mass is 9.80. The summed E-state index contributed by atoms with van der Waals surface area (Å²) in [6.07, 6.45) is 22.8. The molecular formula is C43H76N2O6. The second kappa shape index (κ2) is 21.6. The minimum absolute atomic E-state index is 0.0716. The normalized spacial score (nSPS) is 20.3. The number of benzene rings is 1. The number of nitrogens with zero attached hydrogens (tertiary/aromatic N) is 2. The number of rotatable bonds is 19. The quantitative estimate of drug-likeness (QED) is 0.108. The van der Waals surface area contributed by atoms with Gasteiger partial charge in [0.25, 0.3) is 0 Å². The zero-order valence-corrected chi connectivity index (χ0v) is 34.1. The summed E-state index contributed by atoms with van der Waals surface area (Å²) in [7, 11) is 0. The topological polar surface area (TPSA) is 99.5 Å². The number of esters is 2. The van der Waals surface area contributed by atoms with E-state index in [9.17, 15) is 20.0 Å². The van der Waals surface area contributed by atoms with Gasteiger partial charge in [0.15, 0.2) is 0 Å². The van der Waals surface area contributed by atoms with Crippen LogP contribution in [0.15, 0.2) is 30.3 Å². The van der Waals surface area contributed by atoms with Crippen LogP contribution in [0.4, 0.5) is 0 Å². The fourth-order valence-electron chi connectivity index (χ4n) is 8.20. The van der Waals surface area contributed by atoms with E-state index >= 15 is 0 Å². The predicted molar refractivity (Wildman–Crippen MR) is 207 cm³/mol. The number of carbonyl (C=O) groups is 2. The molecule has 0 aliphatic carbocycles. The van der Waals surface area contributed by atoms with Crippen LogP contribution in [0, 0.1) is 0 Å². The summed E-state index contributed by atoms with van der Waals surface area (Å²) in [5, 5.41) is 23.4. The Morgan fingerprint density at radius 1 is 0.569 bits per heavy atom. The molecule has 2 aliphatic rings. The van der Waals surface area contributed by atoms with E-state index in [4.69, 9.17) is 9.47 Å². The Kier molecular flexibility index (Phi) is 19.2. The lowest BCUT2D eigenvalue weighted by Gasteiger charge is -2.50. The molecule has 0 aromatic heterocycles. The summed E-state index contributed by atoms with van der Waals surface area (Å²) in [5.41, 5.74) is -1.01. The van der Waals surface area contributed by atoms with Gasteiger partial charge in [-0.3, -0.25) is 4.79 Å². The molecule has 8 heteroatoms. The van der Waals surface area contributed by atoms with Crippen LogP contribution >= 0.6 is 0 Å². The highest BCUT2D eigenvalue weighted by Gasteiger charge is 2.47. The summed E-state index contributed by atoms with van der Waals surface area (Å²) in [6, 6.07) is 9.01. The van der Waals surface area contributed by atoms with E-state index in [2.05, 4.69) is 6.92 Å². The molecule has 0 saturated carbocycles. The van der Waals surface area contributed by atoms with Gasteiger partial charge in [0.2, 0.25) is 0 Å². The van der Waals surface area contributed by atoms with Crippen molar-refractivity contribution in [2.24, 2.45) is 0 Å². The van der Waals surface area contributed by atoms with Crippen LogP contribution in [0.3, 0.4) is 0 Å². The Morgan fingerprint density at radius 3 is 1.27 bits per heavy atom. The Morgan fingerprint density at radius 2 is 0.902 bits per heavy atom. The first kappa shape index (κ1) is 45.2. The van der Waals surface area contributed by atoms with Crippen molar-refractivity contribution >= 4 is 11.9 Å². The zero-order chi connectivity index (χ0) is 38.1. The fraction of sp³-hybridized carbons (Fsp3) is 0.814. The van der Waals surface area contributed by atoms with Gasteiger partial charge in [0, 0.05) is 54.3 Å². The number of piperidine rings is 2. The highest BCUT2D eigenvalue weighted by atomic mass is 16.6. The van der Waals surface area contributed by atoms with Crippen LogP contribution < -0.4 is 0 Å².